The molecule has 0 saturated heterocycles. The van der Waals surface area contributed by atoms with Gasteiger partial charge in [-0.3, -0.25) is 0 Å². The van der Waals surface area contributed by atoms with E-state index in [9.17, 15) is 26.3 Å². The van der Waals surface area contributed by atoms with Gasteiger partial charge in [0.15, 0.2) is 5.82 Å². The summed E-state index contributed by atoms with van der Waals surface area (Å²) in [6.07, 6.45) is -6.38. The summed E-state index contributed by atoms with van der Waals surface area (Å²) >= 11 is 0. The summed E-state index contributed by atoms with van der Waals surface area (Å²) < 4.78 is 84.8. The first kappa shape index (κ1) is 27.2. The summed E-state index contributed by atoms with van der Waals surface area (Å²) in [7, 11) is 0. The summed E-state index contributed by atoms with van der Waals surface area (Å²) in [4.78, 5) is 8.81. The first-order valence-corrected chi connectivity index (χ1v) is 13.5. The van der Waals surface area contributed by atoms with Gasteiger partial charge in [0.25, 0.3) is 0 Å². The van der Waals surface area contributed by atoms with Gasteiger partial charge in [-0.1, -0.05) is 50.2 Å². The highest BCUT2D eigenvalue weighted by Crippen LogP contribution is 2.57. The van der Waals surface area contributed by atoms with Gasteiger partial charge < -0.3 is 9.80 Å². The molecule has 1 unspecified atom stereocenters. The average Bonchev–Trinajstić information content (AvgIpc) is 3.29. The van der Waals surface area contributed by atoms with E-state index in [1.807, 2.05) is 47.4 Å². The molecule has 0 aliphatic carbocycles. The van der Waals surface area contributed by atoms with Crippen molar-refractivity contribution in [3.63, 3.8) is 0 Å². The fraction of sp³-hybridized carbons (Fsp3) is 0.281. The topological polar surface area (TPSA) is 19.4 Å². The van der Waals surface area contributed by atoms with Crippen molar-refractivity contribution < 1.29 is 26.3 Å². The van der Waals surface area contributed by atoms with Crippen LogP contribution in [-0.4, -0.2) is 11.1 Å². The Morgan fingerprint density at radius 3 is 2.02 bits per heavy atom. The van der Waals surface area contributed by atoms with Gasteiger partial charge >= 0.3 is 12.4 Å². The van der Waals surface area contributed by atoms with Crippen LogP contribution in [0.15, 0.2) is 85.1 Å². The van der Waals surface area contributed by atoms with Gasteiger partial charge in [0, 0.05) is 28.6 Å². The van der Waals surface area contributed by atoms with Crippen molar-refractivity contribution in [1.29, 1.82) is 0 Å². The third kappa shape index (κ3) is 4.24. The second-order valence-electron chi connectivity index (χ2n) is 10.5. The SMILES string of the molecule is CCC1(CC)CC2N(c3ccccc3)c3cccnc3N2c2cc(-c3c(C(F)(F)F)cccc3C(F)(F)F)ccc21. The van der Waals surface area contributed by atoms with E-state index in [2.05, 4.69) is 23.7 Å². The zero-order chi connectivity index (χ0) is 29.2. The maximum atomic E-state index is 14.1. The Balaban J connectivity index is 1.64. The molecule has 2 aliphatic heterocycles. The molecule has 0 fully saturated rings. The number of benzene rings is 3. The predicted molar refractivity (Wildman–Crippen MR) is 148 cm³/mol. The summed E-state index contributed by atoms with van der Waals surface area (Å²) in [6.45, 7) is 4.15. The molecule has 3 heterocycles. The quantitative estimate of drug-likeness (QED) is 0.229. The summed E-state index contributed by atoms with van der Waals surface area (Å²) in [6, 6.07) is 20.4. The molecule has 3 aromatic carbocycles. The van der Waals surface area contributed by atoms with Gasteiger partial charge in [-0.05, 0) is 72.9 Å². The molecule has 0 spiro atoms. The number of rotatable bonds is 4. The Bertz CT molecular complexity index is 1560. The molecule has 0 N–H and O–H groups in total. The molecule has 3 nitrogen and oxygen atoms in total. The van der Waals surface area contributed by atoms with Crippen molar-refractivity contribution in [2.75, 3.05) is 9.80 Å². The third-order valence-electron chi connectivity index (χ3n) is 8.60. The van der Waals surface area contributed by atoms with E-state index in [1.54, 1.807) is 12.3 Å². The van der Waals surface area contributed by atoms with Crippen molar-refractivity contribution >= 4 is 22.9 Å². The number of pyridine rings is 1. The summed E-state index contributed by atoms with van der Waals surface area (Å²) in [5.74, 6) is 0.612. The number of fused-ring (bicyclic) bond motifs is 5. The second-order valence-corrected chi connectivity index (χ2v) is 10.5. The Morgan fingerprint density at radius 2 is 1.41 bits per heavy atom. The zero-order valence-corrected chi connectivity index (χ0v) is 22.4. The number of hydrogen-bond donors (Lipinski definition) is 0. The Labute approximate surface area is 234 Å². The van der Waals surface area contributed by atoms with E-state index >= 15 is 0 Å². The molecule has 9 heteroatoms. The smallest absolute Gasteiger partial charge is 0.317 e. The maximum Gasteiger partial charge on any atom is 0.417 e. The average molecular weight is 568 g/mol. The third-order valence-corrected chi connectivity index (χ3v) is 8.60. The fourth-order valence-corrected chi connectivity index (χ4v) is 6.59. The molecule has 0 radical (unpaired) electrons. The summed E-state index contributed by atoms with van der Waals surface area (Å²) in [5.41, 5.74) is -0.756. The molecular weight excluding hydrogens is 540 g/mol. The molecule has 41 heavy (non-hydrogen) atoms. The van der Waals surface area contributed by atoms with Crippen LogP contribution in [-0.2, 0) is 17.8 Å². The molecule has 0 amide bonds. The Hall–Kier alpha value is -4.01. The van der Waals surface area contributed by atoms with Crippen molar-refractivity contribution in [3.05, 3.63) is 102 Å². The van der Waals surface area contributed by atoms with Crippen LogP contribution in [0.4, 0.5) is 49.2 Å². The van der Waals surface area contributed by atoms with Gasteiger partial charge in [-0.25, -0.2) is 4.98 Å². The van der Waals surface area contributed by atoms with Gasteiger partial charge in [-0.15, -0.1) is 0 Å². The minimum atomic E-state index is -4.97. The molecule has 4 aromatic rings. The molecule has 212 valence electrons. The molecule has 0 saturated carbocycles. The second kappa shape index (κ2) is 9.53. The van der Waals surface area contributed by atoms with Crippen LogP contribution in [0.2, 0.25) is 0 Å². The van der Waals surface area contributed by atoms with E-state index < -0.39 is 29.0 Å². The normalized spacial score (nSPS) is 17.7. The largest absolute Gasteiger partial charge is 0.417 e. The Kier molecular flexibility index (Phi) is 6.32. The van der Waals surface area contributed by atoms with E-state index in [0.29, 0.717) is 30.1 Å². The lowest BCUT2D eigenvalue weighted by Crippen LogP contribution is -2.48. The van der Waals surface area contributed by atoms with Crippen LogP contribution in [0.3, 0.4) is 0 Å². The highest BCUT2D eigenvalue weighted by atomic mass is 19.4. The van der Waals surface area contributed by atoms with Crippen molar-refractivity contribution in [1.82, 2.24) is 4.98 Å². The maximum absolute atomic E-state index is 14.1. The van der Waals surface area contributed by atoms with Crippen molar-refractivity contribution in [3.8, 4) is 11.1 Å². The number of anilines is 4. The van der Waals surface area contributed by atoms with E-state index in [4.69, 9.17) is 0 Å². The van der Waals surface area contributed by atoms with Gasteiger partial charge in [0.2, 0.25) is 0 Å². The van der Waals surface area contributed by atoms with E-state index in [-0.39, 0.29) is 17.1 Å². The molecule has 6 rings (SSSR count). The van der Waals surface area contributed by atoms with Gasteiger partial charge in [-0.2, -0.15) is 26.3 Å². The van der Waals surface area contributed by atoms with Crippen LogP contribution < -0.4 is 9.80 Å². The van der Waals surface area contributed by atoms with Gasteiger partial charge in [0.05, 0.1) is 16.8 Å². The standard InChI is InChI=1S/C32H27F6N3/c1-3-30(4-2)19-27-40(21-10-6-5-7-11-21)25-14-9-17-39-29(25)41(27)26-18-20(15-16-22(26)30)28-23(31(33,34)35)12-8-13-24(28)32(36,37)38/h5-18,27H,3-4,19H2,1-2H3. The minimum Gasteiger partial charge on any atom is -0.317 e. The first-order chi connectivity index (χ1) is 19.5. The zero-order valence-electron chi connectivity index (χ0n) is 22.4. The van der Waals surface area contributed by atoms with Crippen LogP contribution >= 0.6 is 0 Å². The lowest BCUT2D eigenvalue weighted by molar-refractivity contribution is -0.142. The van der Waals surface area contributed by atoms with Crippen molar-refractivity contribution in [2.45, 2.75) is 57.0 Å². The molecule has 1 aromatic heterocycles. The van der Waals surface area contributed by atoms with Crippen LogP contribution in [0.1, 0.15) is 49.8 Å². The number of halogens is 6. The number of hydrogen-bond acceptors (Lipinski definition) is 3. The number of nitrogens with zero attached hydrogens (tertiary/aromatic N) is 3. The lowest BCUT2D eigenvalue weighted by atomic mass is 9.69. The van der Waals surface area contributed by atoms with Gasteiger partial charge in [0.1, 0.15) is 6.17 Å². The predicted octanol–water partition coefficient (Wildman–Crippen LogP) is 9.86. The minimum absolute atomic E-state index is 0.138. The molecular formula is C32H27F6N3. The van der Waals surface area contributed by atoms with Crippen LogP contribution in [0, 0.1) is 0 Å². The van der Waals surface area contributed by atoms with E-state index in [1.165, 1.54) is 12.1 Å². The highest BCUT2D eigenvalue weighted by Gasteiger charge is 2.50. The first-order valence-electron chi connectivity index (χ1n) is 13.5. The summed E-state index contributed by atoms with van der Waals surface area (Å²) in [5, 5.41) is 0. The fourth-order valence-electron chi connectivity index (χ4n) is 6.59. The highest BCUT2D eigenvalue weighted by molar-refractivity contribution is 5.89. The Morgan fingerprint density at radius 1 is 0.756 bits per heavy atom. The molecule has 0 bridgehead atoms. The number of alkyl halides is 6. The monoisotopic (exact) mass is 567 g/mol. The van der Waals surface area contributed by atoms with E-state index in [0.717, 1.165) is 35.8 Å². The molecule has 2 aliphatic rings. The molecule has 1 atom stereocenters. The number of aromatic nitrogens is 1. The lowest BCUT2D eigenvalue weighted by Gasteiger charge is -2.47. The number of para-hydroxylation sites is 1. The van der Waals surface area contributed by atoms with Crippen molar-refractivity contribution in [2.24, 2.45) is 0 Å². The van der Waals surface area contributed by atoms with Crippen LogP contribution in [0.5, 0.6) is 0 Å². The van der Waals surface area contributed by atoms with Crippen LogP contribution in [0.25, 0.3) is 11.1 Å².